The van der Waals surface area contributed by atoms with Gasteiger partial charge in [-0.3, -0.25) is 0 Å². The lowest BCUT2D eigenvalue weighted by Gasteiger charge is -2.26. The van der Waals surface area contributed by atoms with E-state index in [0.717, 1.165) is 0 Å². The van der Waals surface area contributed by atoms with Crippen molar-refractivity contribution in [2.45, 2.75) is 13.3 Å². The predicted molar refractivity (Wildman–Crippen MR) is 74.2 cm³/mol. The number of rotatable bonds is 5. The highest BCUT2D eigenvalue weighted by molar-refractivity contribution is 7.87. The lowest BCUT2D eigenvalue weighted by molar-refractivity contribution is 0.0725. The number of benzene rings is 1. The summed E-state index contributed by atoms with van der Waals surface area (Å²) in [6.07, 6.45) is 0.705. The molecule has 5 nitrogen and oxygen atoms in total. The molecule has 1 aromatic carbocycles. The van der Waals surface area contributed by atoms with Crippen molar-refractivity contribution >= 4 is 10.2 Å². The summed E-state index contributed by atoms with van der Waals surface area (Å²) in [6.45, 7) is 4.26. The van der Waals surface area contributed by atoms with E-state index in [-0.39, 0.29) is 0 Å². The first-order valence-corrected chi connectivity index (χ1v) is 7.90. The largest absolute Gasteiger partial charge is 0.379 e. The maximum atomic E-state index is 12.0. The molecule has 0 spiro atoms. The van der Waals surface area contributed by atoms with E-state index >= 15 is 0 Å². The predicted octanol–water partition coefficient (Wildman–Crippen LogP) is 0.704. The van der Waals surface area contributed by atoms with Crippen molar-refractivity contribution in [3.8, 4) is 0 Å². The first-order valence-electron chi connectivity index (χ1n) is 6.46. The average Bonchev–Trinajstić information content (AvgIpc) is 2.42. The van der Waals surface area contributed by atoms with Gasteiger partial charge in [0.05, 0.1) is 13.2 Å². The summed E-state index contributed by atoms with van der Waals surface area (Å²) in [4.78, 5) is 0. The molecule has 1 fully saturated rings. The standard InChI is InChI=1S/C13H20N2O3S/c1-12-4-2-3-5-13(12)6-7-14-19(16,17)15-8-10-18-11-9-15/h2-5,14H,6-11H2,1H3. The van der Waals surface area contributed by atoms with Crippen molar-refractivity contribution in [3.05, 3.63) is 35.4 Å². The van der Waals surface area contributed by atoms with Crippen LogP contribution in [0.3, 0.4) is 0 Å². The highest BCUT2D eigenvalue weighted by Crippen LogP contribution is 2.08. The zero-order valence-electron chi connectivity index (χ0n) is 11.1. The molecule has 0 bridgehead atoms. The van der Waals surface area contributed by atoms with E-state index in [1.165, 1.54) is 15.4 Å². The monoisotopic (exact) mass is 284 g/mol. The van der Waals surface area contributed by atoms with E-state index in [2.05, 4.69) is 4.72 Å². The Labute approximate surface area is 114 Å². The van der Waals surface area contributed by atoms with Crippen molar-refractivity contribution in [2.24, 2.45) is 0 Å². The Bertz CT molecular complexity index is 510. The Balaban J connectivity index is 1.86. The third-order valence-corrected chi connectivity index (χ3v) is 4.86. The molecule has 1 N–H and O–H groups in total. The second-order valence-electron chi connectivity index (χ2n) is 4.59. The summed E-state index contributed by atoms with van der Waals surface area (Å²) < 4.78 is 33.3. The molecule has 0 aliphatic carbocycles. The lowest BCUT2D eigenvalue weighted by Crippen LogP contribution is -2.47. The molecule has 0 radical (unpaired) electrons. The van der Waals surface area contributed by atoms with E-state index in [1.807, 2.05) is 31.2 Å². The molecule has 2 rings (SSSR count). The van der Waals surface area contributed by atoms with Crippen LogP contribution in [0.2, 0.25) is 0 Å². The molecule has 1 heterocycles. The quantitative estimate of drug-likeness (QED) is 0.866. The number of nitrogens with one attached hydrogen (secondary N) is 1. The van der Waals surface area contributed by atoms with Gasteiger partial charge in [0.2, 0.25) is 0 Å². The number of hydrogen-bond donors (Lipinski definition) is 1. The second kappa shape index (κ2) is 6.47. The molecule has 6 heteroatoms. The van der Waals surface area contributed by atoms with Gasteiger partial charge in [-0.1, -0.05) is 24.3 Å². The summed E-state index contributed by atoms with van der Waals surface area (Å²) in [7, 11) is -3.36. The normalized spacial score (nSPS) is 17.5. The molecule has 0 saturated carbocycles. The second-order valence-corrected chi connectivity index (χ2v) is 6.34. The molecule has 0 unspecified atom stereocenters. The molecule has 1 aliphatic heterocycles. The minimum atomic E-state index is -3.36. The van der Waals surface area contributed by atoms with Gasteiger partial charge in [0.1, 0.15) is 0 Å². The van der Waals surface area contributed by atoms with Crippen LogP contribution in [0, 0.1) is 6.92 Å². The van der Waals surface area contributed by atoms with Crippen LogP contribution >= 0.6 is 0 Å². The summed E-state index contributed by atoms with van der Waals surface area (Å²) >= 11 is 0. The van der Waals surface area contributed by atoms with Crippen LogP contribution in [0.25, 0.3) is 0 Å². The summed E-state index contributed by atoms with van der Waals surface area (Å²) in [5.41, 5.74) is 2.36. The van der Waals surface area contributed by atoms with Crippen LogP contribution in [0.15, 0.2) is 24.3 Å². The van der Waals surface area contributed by atoms with E-state index in [9.17, 15) is 8.42 Å². The van der Waals surface area contributed by atoms with Crippen LogP contribution in [-0.4, -0.2) is 45.6 Å². The highest BCUT2D eigenvalue weighted by Gasteiger charge is 2.23. The van der Waals surface area contributed by atoms with Crippen LogP contribution in [-0.2, 0) is 21.4 Å². The van der Waals surface area contributed by atoms with E-state index in [1.54, 1.807) is 0 Å². The number of aryl methyl sites for hydroxylation is 1. The highest BCUT2D eigenvalue weighted by atomic mass is 32.2. The first kappa shape index (κ1) is 14.5. The molecular formula is C13H20N2O3S. The van der Waals surface area contributed by atoms with Crippen molar-refractivity contribution in [2.75, 3.05) is 32.8 Å². The maximum Gasteiger partial charge on any atom is 0.279 e. The maximum absolute atomic E-state index is 12.0. The lowest BCUT2D eigenvalue weighted by atomic mass is 10.1. The Kier molecular flexibility index (Phi) is 4.93. The molecule has 1 aliphatic rings. The molecule has 0 aromatic heterocycles. The third kappa shape index (κ3) is 4.01. The van der Waals surface area contributed by atoms with E-state index < -0.39 is 10.2 Å². The van der Waals surface area contributed by atoms with Gasteiger partial charge in [0.15, 0.2) is 0 Å². The molecule has 19 heavy (non-hydrogen) atoms. The Hall–Kier alpha value is -0.950. The van der Waals surface area contributed by atoms with Gasteiger partial charge >= 0.3 is 0 Å². The van der Waals surface area contributed by atoms with Crippen molar-refractivity contribution < 1.29 is 13.2 Å². The average molecular weight is 284 g/mol. The number of ether oxygens (including phenoxy) is 1. The number of nitrogens with zero attached hydrogens (tertiary/aromatic N) is 1. The minimum absolute atomic E-state index is 0.421. The Morgan fingerprint density at radius 1 is 1.26 bits per heavy atom. The number of hydrogen-bond acceptors (Lipinski definition) is 3. The van der Waals surface area contributed by atoms with E-state index in [4.69, 9.17) is 4.74 Å². The third-order valence-electron chi connectivity index (χ3n) is 3.25. The fourth-order valence-electron chi connectivity index (χ4n) is 2.08. The van der Waals surface area contributed by atoms with Crippen LogP contribution in [0.1, 0.15) is 11.1 Å². The van der Waals surface area contributed by atoms with Crippen molar-refractivity contribution in [1.29, 1.82) is 0 Å². The zero-order valence-corrected chi connectivity index (χ0v) is 11.9. The molecule has 106 valence electrons. The van der Waals surface area contributed by atoms with Crippen molar-refractivity contribution in [3.63, 3.8) is 0 Å². The van der Waals surface area contributed by atoms with Gasteiger partial charge in [-0.25, -0.2) is 4.72 Å². The molecular weight excluding hydrogens is 264 g/mol. The van der Waals surface area contributed by atoms with Gasteiger partial charge in [0.25, 0.3) is 10.2 Å². The van der Waals surface area contributed by atoms with Gasteiger partial charge in [-0.05, 0) is 24.5 Å². The van der Waals surface area contributed by atoms with Crippen molar-refractivity contribution in [1.82, 2.24) is 9.03 Å². The first-order chi connectivity index (χ1) is 9.09. The number of morpholine rings is 1. The summed E-state index contributed by atoms with van der Waals surface area (Å²) in [5, 5.41) is 0. The van der Waals surface area contributed by atoms with Gasteiger partial charge in [-0.15, -0.1) is 0 Å². The van der Waals surface area contributed by atoms with Gasteiger partial charge < -0.3 is 4.74 Å². The topological polar surface area (TPSA) is 58.6 Å². The minimum Gasteiger partial charge on any atom is -0.379 e. The fourth-order valence-corrected chi connectivity index (χ4v) is 3.26. The van der Waals surface area contributed by atoms with Crippen LogP contribution in [0.5, 0.6) is 0 Å². The molecule has 0 amide bonds. The Morgan fingerprint density at radius 3 is 2.63 bits per heavy atom. The van der Waals surface area contributed by atoms with Crippen LogP contribution < -0.4 is 4.72 Å². The fraction of sp³-hybridized carbons (Fsp3) is 0.538. The smallest absolute Gasteiger partial charge is 0.279 e. The molecule has 1 aromatic rings. The summed E-state index contributed by atoms with van der Waals surface area (Å²) in [6, 6.07) is 8.01. The van der Waals surface area contributed by atoms with Gasteiger partial charge in [-0.2, -0.15) is 12.7 Å². The molecule has 1 saturated heterocycles. The molecule has 0 atom stereocenters. The van der Waals surface area contributed by atoms with E-state index in [0.29, 0.717) is 39.3 Å². The van der Waals surface area contributed by atoms with Crippen LogP contribution in [0.4, 0.5) is 0 Å². The van der Waals surface area contributed by atoms with Gasteiger partial charge in [0, 0.05) is 19.6 Å². The summed E-state index contributed by atoms with van der Waals surface area (Å²) in [5.74, 6) is 0. The Morgan fingerprint density at radius 2 is 1.95 bits per heavy atom. The SMILES string of the molecule is Cc1ccccc1CCNS(=O)(=O)N1CCOCC1. The zero-order chi connectivity index (χ0) is 13.7.